The molecule has 0 aromatic rings. The molecule has 0 fully saturated rings. The number of carbonyl (C=O) groups excluding carboxylic acids is 2. The summed E-state index contributed by atoms with van der Waals surface area (Å²) in [4.78, 5) is 37.4. The van der Waals surface area contributed by atoms with Crippen molar-refractivity contribution in [2.24, 2.45) is 22.3 Å². The maximum atomic E-state index is 14.2. The minimum absolute atomic E-state index is 0.0912. The molecular weight excluding hydrogens is 549 g/mol. The third kappa shape index (κ3) is 13.7. The van der Waals surface area contributed by atoms with Crippen LogP contribution in [0.5, 0.6) is 0 Å². The van der Waals surface area contributed by atoms with Crippen LogP contribution in [0.2, 0.25) is 0 Å². The standard InChI is InChI=1S/C25H48N3O11P/c1-9-14-19(20(29)30)28(8)23(26)27-40(33,38-21(17(6)12-4)36-24(31)34-15-10-2)39-22(18(7)13-5)37-25(32)35-16-11-3/h17-19,21-22H,9-16H2,1-8H3,(H,29,30)(H2,26,27,33). The molecule has 0 aliphatic heterocycles. The molecule has 0 amide bonds. The molecule has 0 bridgehead atoms. The normalized spacial score (nSPS) is 16.9. The second-order valence-corrected chi connectivity index (χ2v) is 10.9. The Hall–Kier alpha value is -2.57. The Morgan fingerprint density at radius 1 is 0.850 bits per heavy atom. The lowest BCUT2D eigenvalue weighted by atomic mass is 10.1. The Balaban J connectivity index is 6.55. The molecule has 3 N–H and O–H groups in total. The summed E-state index contributed by atoms with van der Waals surface area (Å²) in [6.45, 7) is 12.5. The van der Waals surface area contributed by atoms with Crippen molar-refractivity contribution >= 4 is 32.0 Å². The second kappa shape index (κ2) is 19.5. The van der Waals surface area contributed by atoms with Crippen LogP contribution in [0.3, 0.4) is 0 Å². The van der Waals surface area contributed by atoms with Gasteiger partial charge in [-0.3, -0.25) is 0 Å². The number of hydrogen-bond acceptors (Lipinski definition) is 10. The van der Waals surface area contributed by atoms with E-state index in [0.29, 0.717) is 32.1 Å². The highest BCUT2D eigenvalue weighted by Gasteiger charge is 2.40. The Morgan fingerprint density at radius 3 is 1.60 bits per heavy atom. The van der Waals surface area contributed by atoms with Crippen LogP contribution in [0.1, 0.15) is 87.0 Å². The molecule has 40 heavy (non-hydrogen) atoms. The lowest BCUT2D eigenvalue weighted by molar-refractivity contribution is -0.141. The van der Waals surface area contributed by atoms with E-state index in [4.69, 9.17) is 33.7 Å². The quantitative estimate of drug-likeness (QED) is 0.0625. The number of hydrogen-bond donors (Lipinski definition) is 2. The van der Waals surface area contributed by atoms with Gasteiger partial charge in [0, 0.05) is 18.9 Å². The van der Waals surface area contributed by atoms with E-state index in [1.807, 2.05) is 0 Å². The first-order valence-corrected chi connectivity index (χ1v) is 15.2. The zero-order valence-electron chi connectivity index (χ0n) is 25.0. The number of nitrogens with zero attached hydrogens (tertiary/aromatic N) is 2. The monoisotopic (exact) mass is 597 g/mol. The van der Waals surface area contributed by atoms with E-state index >= 15 is 0 Å². The molecule has 0 radical (unpaired) electrons. The van der Waals surface area contributed by atoms with Gasteiger partial charge in [0.05, 0.1) is 13.2 Å². The van der Waals surface area contributed by atoms with Crippen molar-refractivity contribution in [2.45, 2.75) is 106 Å². The van der Waals surface area contributed by atoms with Crippen molar-refractivity contribution in [3.8, 4) is 0 Å². The van der Waals surface area contributed by atoms with Crippen molar-refractivity contribution in [1.82, 2.24) is 4.90 Å². The Labute approximate surface area is 237 Å². The first kappa shape index (κ1) is 37.4. The molecule has 5 unspecified atom stereocenters. The molecule has 0 aliphatic rings. The van der Waals surface area contributed by atoms with Gasteiger partial charge in [-0.15, -0.1) is 4.76 Å². The van der Waals surface area contributed by atoms with Crippen molar-refractivity contribution in [1.29, 1.82) is 0 Å². The summed E-state index contributed by atoms with van der Waals surface area (Å²) in [6, 6.07) is -1.08. The molecule has 15 heteroatoms. The average molecular weight is 598 g/mol. The van der Waals surface area contributed by atoms with Crippen molar-refractivity contribution in [2.75, 3.05) is 20.3 Å². The number of carboxylic acids is 1. The lowest BCUT2D eigenvalue weighted by Gasteiger charge is -2.30. The number of guanidine groups is 1. The van der Waals surface area contributed by atoms with Gasteiger partial charge < -0.3 is 34.7 Å². The van der Waals surface area contributed by atoms with Gasteiger partial charge in [-0.1, -0.05) is 54.9 Å². The molecule has 0 spiro atoms. The predicted octanol–water partition coefficient (Wildman–Crippen LogP) is 5.50. The largest absolute Gasteiger partial charge is 0.510 e. The summed E-state index contributed by atoms with van der Waals surface area (Å²) in [7, 11) is -3.40. The first-order valence-electron chi connectivity index (χ1n) is 13.7. The van der Waals surface area contributed by atoms with Crippen LogP contribution in [-0.2, 0) is 37.4 Å². The molecule has 14 nitrogen and oxygen atoms in total. The molecule has 234 valence electrons. The van der Waals surface area contributed by atoms with E-state index in [2.05, 4.69) is 4.76 Å². The highest BCUT2D eigenvalue weighted by molar-refractivity contribution is 7.52. The minimum atomic E-state index is -4.77. The molecule has 0 rings (SSSR count). The summed E-state index contributed by atoms with van der Waals surface area (Å²) in [5, 5.41) is 9.64. The first-order chi connectivity index (χ1) is 18.8. The summed E-state index contributed by atoms with van der Waals surface area (Å²) in [6.07, 6.45) is -2.35. The zero-order chi connectivity index (χ0) is 30.9. The van der Waals surface area contributed by atoms with Crippen LogP contribution < -0.4 is 5.73 Å². The molecule has 5 atom stereocenters. The summed E-state index contributed by atoms with van der Waals surface area (Å²) in [5.74, 6) is -2.66. The van der Waals surface area contributed by atoms with E-state index in [0.717, 1.165) is 4.90 Å². The zero-order valence-corrected chi connectivity index (χ0v) is 25.9. The van der Waals surface area contributed by atoms with Crippen molar-refractivity contribution < 1.29 is 52.1 Å². The maximum absolute atomic E-state index is 14.2. The average Bonchev–Trinajstić information content (AvgIpc) is 2.91. The number of likely N-dealkylation sites (N-methyl/N-ethyl adjacent to an activating group) is 1. The number of ether oxygens (including phenoxy) is 4. The minimum Gasteiger partial charge on any atom is -0.480 e. The Morgan fingerprint density at radius 2 is 1.27 bits per heavy atom. The van der Waals surface area contributed by atoms with Gasteiger partial charge in [0.15, 0.2) is 0 Å². The molecule has 0 aromatic heterocycles. The van der Waals surface area contributed by atoms with E-state index in [1.54, 1.807) is 48.5 Å². The third-order valence-electron chi connectivity index (χ3n) is 5.87. The van der Waals surface area contributed by atoms with Crippen LogP contribution in [0.4, 0.5) is 9.59 Å². The van der Waals surface area contributed by atoms with Crippen LogP contribution in [-0.4, -0.2) is 73.1 Å². The van der Waals surface area contributed by atoms with Gasteiger partial charge in [-0.2, -0.15) is 0 Å². The van der Waals surface area contributed by atoms with Crippen molar-refractivity contribution in [3.63, 3.8) is 0 Å². The highest BCUT2D eigenvalue weighted by atomic mass is 31.2. The van der Waals surface area contributed by atoms with E-state index in [9.17, 15) is 24.1 Å². The fourth-order valence-electron chi connectivity index (χ4n) is 2.94. The number of carboxylic acid groups (broad SMARTS) is 1. The second-order valence-electron chi connectivity index (χ2n) is 9.33. The number of aliphatic carboxylic acids is 1. The Bertz CT molecular complexity index is 816. The van der Waals surface area contributed by atoms with Crippen LogP contribution in [0, 0.1) is 11.8 Å². The lowest BCUT2D eigenvalue weighted by Crippen LogP contribution is -2.46. The summed E-state index contributed by atoms with van der Waals surface area (Å²) in [5.41, 5.74) is 6.09. The fourth-order valence-corrected chi connectivity index (χ4v) is 4.51. The van der Waals surface area contributed by atoms with Gasteiger partial charge in [0.1, 0.15) is 6.04 Å². The smallest absolute Gasteiger partial charge is 0.480 e. The van der Waals surface area contributed by atoms with Gasteiger partial charge in [0.25, 0.3) is 0 Å². The molecule has 0 heterocycles. The molecule has 0 aromatic carbocycles. The molecular formula is C25H48N3O11P. The van der Waals surface area contributed by atoms with Gasteiger partial charge >= 0.3 is 26.0 Å². The molecule has 0 aliphatic carbocycles. The number of rotatable bonds is 19. The topological polar surface area (TPSA) is 186 Å². The van der Waals surface area contributed by atoms with Crippen molar-refractivity contribution in [3.05, 3.63) is 0 Å². The van der Waals surface area contributed by atoms with Gasteiger partial charge in [0.2, 0.25) is 18.5 Å². The fraction of sp³-hybridized carbons (Fsp3) is 0.840. The SMILES string of the molecule is CCCOC(=O)OC(OP(=O)(N=C(N)N(C)C(CCC)C(=O)O)OC(OC(=O)OCCC)C(C)CC)C(C)CC. The number of carbonyl (C=O) groups is 3. The summed E-state index contributed by atoms with van der Waals surface area (Å²) >= 11 is 0. The van der Waals surface area contributed by atoms with Gasteiger partial charge in [-0.25, -0.2) is 28.0 Å². The number of nitrogens with two attached hydrogens (primary N) is 1. The van der Waals surface area contributed by atoms with E-state index in [1.165, 1.54) is 7.05 Å². The maximum Gasteiger partial charge on any atom is 0.510 e. The molecule has 0 saturated carbocycles. The van der Waals surface area contributed by atoms with Crippen LogP contribution in [0.15, 0.2) is 4.76 Å². The predicted molar refractivity (Wildman–Crippen MR) is 147 cm³/mol. The third-order valence-corrected chi connectivity index (χ3v) is 7.26. The molecule has 0 saturated heterocycles. The Kier molecular flexibility index (Phi) is 18.2. The van der Waals surface area contributed by atoms with Gasteiger partial charge in [-0.05, 0) is 32.1 Å². The summed E-state index contributed by atoms with van der Waals surface area (Å²) < 4.78 is 50.0. The van der Waals surface area contributed by atoms with Crippen LogP contribution in [0.25, 0.3) is 0 Å². The van der Waals surface area contributed by atoms with E-state index in [-0.39, 0.29) is 19.6 Å². The highest BCUT2D eigenvalue weighted by Crippen LogP contribution is 2.54. The van der Waals surface area contributed by atoms with Crippen LogP contribution >= 0.6 is 7.75 Å². The van der Waals surface area contributed by atoms with E-state index < -0.39 is 62.4 Å².